The Morgan fingerprint density at radius 1 is 1.08 bits per heavy atom. The van der Waals surface area contributed by atoms with E-state index in [-0.39, 0.29) is 42.8 Å². The summed E-state index contributed by atoms with van der Waals surface area (Å²) >= 11 is 12.2. The van der Waals surface area contributed by atoms with Gasteiger partial charge in [-0.25, -0.2) is 8.42 Å². The molecule has 11 heteroatoms. The van der Waals surface area contributed by atoms with E-state index in [1.807, 2.05) is 26.0 Å². The van der Waals surface area contributed by atoms with Crippen molar-refractivity contribution in [2.45, 2.75) is 45.7 Å². The Morgan fingerprint density at radius 2 is 1.75 bits per heavy atom. The van der Waals surface area contributed by atoms with Gasteiger partial charge in [0.2, 0.25) is 21.8 Å². The highest BCUT2D eigenvalue weighted by Gasteiger charge is 2.28. The van der Waals surface area contributed by atoms with Gasteiger partial charge in [-0.1, -0.05) is 42.3 Å². The van der Waals surface area contributed by atoms with Crippen molar-refractivity contribution in [1.29, 1.82) is 0 Å². The van der Waals surface area contributed by atoms with E-state index < -0.39 is 16.1 Å². The number of hydrogen-bond donors (Lipinski definition) is 1. The molecule has 0 heterocycles. The van der Waals surface area contributed by atoms with Crippen LogP contribution in [0.15, 0.2) is 42.5 Å². The minimum Gasteiger partial charge on any atom is -0.495 e. The molecule has 0 spiro atoms. The Balaban J connectivity index is 2.21. The van der Waals surface area contributed by atoms with Crippen LogP contribution >= 0.6 is 23.2 Å². The number of methoxy groups -OCH3 is 1. The maximum atomic E-state index is 13.3. The Kier molecular flexibility index (Phi) is 11.3. The molecule has 2 aromatic rings. The number of ether oxygens (including phenoxy) is 1. The number of carbonyl (C=O) groups is 2. The highest BCUT2D eigenvalue weighted by molar-refractivity contribution is 7.92. The van der Waals surface area contributed by atoms with Gasteiger partial charge < -0.3 is 15.0 Å². The summed E-state index contributed by atoms with van der Waals surface area (Å²) in [5.41, 5.74) is 1.21. The van der Waals surface area contributed by atoms with Crippen LogP contribution in [0.3, 0.4) is 0 Å². The number of likely N-dealkylation sites (N-methyl/N-ethyl adjacent to an activating group) is 1. The van der Waals surface area contributed by atoms with E-state index in [0.717, 1.165) is 11.8 Å². The Bertz CT molecular complexity index is 1140. The smallest absolute Gasteiger partial charge is 0.242 e. The lowest BCUT2D eigenvalue weighted by Crippen LogP contribution is -2.49. The number of sulfonamides is 1. The third-order valence-corrected chi connectivity index (χ3v) is 7.32. The molecule has 2 aromatic carbocycles. The van der Waals surface area contributed by atoms with Crippen molar-refractivity contribution < 1.29 is 22.7 Å². The monoisotopic (exact) mass is 557 g/mol. The van der Waals surface area contributed by atoms with Crippen molar-refractivity contribution in [1.82, 2.24) is 10.2 Å². The van der Waals surface area contributed by atoms with E-state index in [1.54, 1.807) is 29.2 Å². The third-order valence-electron chi connectivity index (χ3n) is 5.58. The highest BCUT2D eigenvalue weighted by atomic mass is 35.5. The fourth-order valence-corrected chi connectivity index (χ4v) is 5.15. The molecule has 2 amide bonds. The molecule has 198 valence electrons. The van der Waals surface area contributed by atoms with Gasteiger partial charge in [-0.15, -0.1) is 0 Å². The summed E-state index contributed by atoms with van der Waals surface area (Å²) < 4.78 is 31.3. The van der Waals surface area contributed by atoms with Crippen LogP contribution in [0.1, 0.15) is 38.7 Å². The molecule has 0 saturated heterocycles. The van der Waals surface area contributed by atoms with Gasteiger partial charge in [-0.3, -0.25) is 13.9 Å². The number of hydrogen-bond acceptors (Lipinski definition) is 5. The molecule has 36 heavy (non-hydrogen) atoms. The summed E-state index contributed by atoms with van der Waals surface area (Å²) in [5, 5.41) is 3.65. The SMILES string of the molecule is CCNC(=O)[C@H](CC)N(Cc1ccc(Cl)cc1)C(=O)CCCN(c1ccc(OC)c(Cl)c1)S(C)(=O)=O. The molecule has 0 unspecified atom stereocenters. The van der Waals surface area contributed by atoms with Crippen molar-refractivity contribution in [2.24, 2.45) is 0 Å². The number of halogens is 2. The van der Waals surface area contributed by atoms with Crippen LogP contribution in [0, 0.1) is 0 Å². The summed E-state index contributed by atoms with van der Waals surface area (Å²) in [6.07, 6.45) is 1.84. The maximum Gasteiger partial charge on any atom is 0.242 e. The van der Waals surface area contributed by atoms with Crippen molar-refractivity contribution in [3.05, 3.63) is 58.1 Å². The fraction of sp³-hybridized carbons (Fsp3) is 0.440. The van der Waals surface area contributed by atoms with Crippen molar-refractivity contribution in [3.8, 4) is 5.75 Å². The topological polar surface area (TPSA) is 96.0 Å². The van der Waals surface area contributed by atoms with Gasteiger partial charge in [0.1, 0.15) is 11.8 Å². The van der Waals surface area contributed by atoms with Gasteiger partial charge >= 0.3 is 0 Å². The number of carbonyl (C=O) groups excluding carboxylic acids is 2. The van der Waals surface area contributed by atoms with Crippen LogP contribution in [0.2, 0.25) is 10.0 Å². The summed E-state index contributed by atoms with van der Waals surface area (Å²) in [6, 6.07) is 11.1. The minimum atomic E-state index is -3.63. The number of nitrogens with zero attached hydrogens (tertiary/aromatic N) is 2. The summed E-state index contributed by atoms with van der Waals surface area (Å²) in [6.45, 7) is 4.42. The standard InChI is InChI=1S/C25H33Cl2N3O5S/c1-5-22(25(32)28-6-2)29(17-18-9-11-19(26)12-10-18)24(31)8-7-15-30(36(4,33)34)20-13-14-23(35-3)21(27)16-20/h9-14,16,22H,5-8,15,17H2,1-4H3,(H,28,32)/t22-/m0/s1. The lowest BCUT2D eigenvalue weighted by Gasteiger charge is -2.31. The number of benzene rings is 2. The molecular formula is C25H33Cl2N3O5S. The zero-order valence-electron chi connectivity index (χ0n) is 21.0. The largest absolute Gasteiger partial charge is 0.495 e. The molecule has 2 rings (SSSR count). The summed E-state index contributed by atoms with van der Waals surface area (Å²) in [7, 11) is -2.16. The van der Waals surface area contributed by atoms with E-state index in [1.165, 1.54) is 17.5 Å². The average Bonchev–Trinajstić information content (AvgIpc) is 2.82. The Hall–Kier alpha value is -2.49. The number of anilines is 1. The van der Waals surface area contributed by atoms with Gasteiger partial charge in [0.25, 0.3) is 0 Å². The van der Waals surface area contributed by atoms with Gasteiger partial charge in [-0.05, 0) is 55.7 Å². The van der Waals surface area contributed by atoms with E-state index in [0.29, 0.717) is 29.4 Å². The molecule has 0 aliphatic rings. The lowest BCUT2D eigenvalue weighted by atomic mass is 10.1. The number of rotatable bonds is 13. The van der Waals surface area contributed by atoms with Gasteiger partial charge in [0, 0.05) is 31.1 Å². The highest BCUT2D eigenvalue weighted by Crippen LogP contribution is 2.30. The van der Waals surface area contributed by atoms with E-state index in [9.17, 15) is 18.0 Å². The maximum absolute atomic E-state index is 13.3. The molecule has 0 aliphatic heterocycles. The molecule has 0 fully saturated rings. The van der Waals surface area contributed by atoms with Gasteiger partial charge in [0.15, 0.2) is 0 Å². The second-order valence-corrected chi connectivity index (χ2v) is 11.0. The van der Waals surface area contributed by atoms with Crippen LogP contribution in [-0.2, 0) is 26.2 Å². The first-order valence-electron chi connectivity index (χ1n) is 11.6. The molecular weight excluding hydrogens is 525 g/mol. The predicted molar refractivity (Wildman–Crippen MR) is 144 cm³/mol. The Morgan fingerprint density at radius 3 is 2.28 bits per heavy atom. The summed E-state index contributed by atoms with van der Waals surface area (Å²) in [5.74, 6) is -0.0462. The molecule has 0 aromatic heterocycles. The van der Waals surface area contributed by atoms with Crippen LogP contribution in [-0.4, -0.2) is 57.6 Å². The molecule has 0 saturated carbocycles. The average molecular weight is 559 g/mol. The van der Waals surface area contributed by atoms with Gasteiger partial charge in [-0.2, -0.15) is 0 Å². The predicted octanol–water partition coefficient (Wildman–Crippen LogP) is 4.49. The second kappa shape index (κ2) is 13.7. The van der Waals surface area contributed by atoms with E-state index >= 15 is 0 Å². The van der Waals surface area contributed by atoms with E-state index in [4.69, 9.17) is 27.9 Å². The molecule has 0 bridgehead atoms. The fourth-order valence-electron chi connectivity index (χ4n) is 3.81. The summed E-state index contributed by atoms with van der Waals surface area (Å²) in [4.78, 5) is 27.6. The molecule has 1 N–H and O–H groups in total. The minimum absolute atomic E-state index is 0.0550. The normalized spacial score (nSPS) is 12.1. The van der Waals surface area contributed by atoms with E-state index in [2.05, 4.69) is 5.32 Å². The zero-order chi connectivity index (χ0) is 26.9. The van der Waals surface area contributed by atoms with Crippen molar-refractivity contribution >= 4 is 50.7 Å². The second-order valence-electron chi connectivity index (χ2n) is 8.22. The first-order chi connectivity index (χ1) is 17.0. The zero-order valence-corrected chi connectivity index (χ0v) is 23.3. The number of amides is 2. The first kappa shape index (κ1) is 29.7. The van der Waals surface area contributed by atoms with Crippen LogP contribution in [0.25, 0.3) is 0 Å². The molecule has 0 radical (unpaired) electrons. The third kappa shape index (κ3) is 8.28. The van der Waals surface area contributed by atoms with Gasteiger partial charge in [0.05, 0.1) is 24.1 Å². The van der Waals surface area contributed by atoms with Crippen molar-refractivity contribution in [2.75, 3.05) is 30.8 Å². The quantitative estimate of drug-likeness (QED) is 0.391. The van der Waals surface area contributed by atoms with Crippen LogP contribution in [0.4, 0.5) is 5.69 Å². The molecule has 8 nitrogen and oxygen atoms in total. The first-order valence-corrected chi connectivity index (χ1v) is 14.2. The molecule has 1 atom stereocenters. The van der Waals surface area contributed by atoms with Crippen LogP contribution < -0.4 is 14.4 Å². The molecule has 0 aliphatic carbocycles. The lowest BCUT2D eigenvalue weighted by molar-refractivity contribution is -0.141. The van der Waals surface area contributed by atoms with Crippen molar-refractivity contribution in [3.63, 3.8) is 0 Å². The Labute approximate surface area is 223 Å². The number of nitrogens with one attached hydrogen (secondary N) is 1. The van der Waals surface area contributed by atoms with Crippen LogP contribution in [0.5, 0.6) is 5.75 Å².